The maximum Gasteiger partial charge on any atom is 0.329 e. The largest absolute Gasteiger partial charge is 0.480 e. The number of carbonyl (C=O) groups is 2. The number of rotatable bonds is 4. The summed E-state index contributed by atoms with van der Waals surface area (Å²) in [6.07, 6.45) is 5.28. The van der Waals surface area contributed by atoms with Crippen LogP contribution in [0.15, 0.2) is 24.5 Å². The normalized spacial score (nSPS) is 16.9. The summed E-state index contributed by atoms with van der Waals surface area (Å²) in [6.45, 7) is 0. The molecule has 1 saturated carbocycles. The van der Waals surface area contributed by atoms with Crippen molar-refractivity contribution in [2.24, 2.45) is 0 Å². The van der Waals surface area contributed by atoms with Gasteiger partial charge in [-0.2, -0.15) is 0 Å². The minimum atomic E-state index is -1.03. The van der Waals surface area contributed by atoms with Crippen LogP contribution in [-0.2, 0) is 16.0 Å². The smallest absolute Gasteiger partial charge is 0.329 e. The molecule has 1 heterocycles. The molecule has 1 aromatic heterocycles. The number of aromatic nitrogens is 1. The predicted octanol–water partition coefficient (Wildman–Crippen LogP) is 0.748. The van der Waals surface area contributed by atoms with Crippen molar-refractivity contribution in [3.63, 3.8) is 0 Å². The Labute approximate surface area is 98.9 Å². The lowest BCUT2D eigenvalue weighted by Gasteiger charge is -2.38. The summed E-state index contributed by atoms with van der Waals surface area (Å²) in [5.74, 6) is -1.21. The van der Waals surface area contributed by atoms with Crippen LogP contribution in [-0.4, -0.2) is 27.5 Å². The lowest BCUT2D eigenvalue weighted by molar-refractivity contribution is -0.151. The maximum absolute atomic E-state index is 11.7. The highest BCUT2D eigenvalue weighted by atomic mass is 16.4. The van der Waals surface area contributed by atoms with Gasteiger partial charge >= 0.3 is 5.97 Å². The summed E-state index contributed by atoms with van der Waals surface area (Å²) in [5.41, 5.74) is -0.246. The highest BCUT2D eigenvalue weighted by Gasteiger charge is 2.45. The average molecular weight is 234 g/mol. The number of carboxylic acid groups (broad SMARTS) is 1. The molecule has 17 heavy (non-hydrogen) atoms. The fourth-order valence-corrected chi connectivity index (χ4v) is 1.92. The molecule has 0 spiro atoms. The first-order valence-electron chi connectivity index (χ1n) is 5.56. The fraction of sp³-hybridized carbons (Fsp3) is 0.417. The van der Waals surface area contributed by atoms with Crippen molar-refractivity contribution < 1.29 is 14.7 Å². The molecule has 90 valence electrons. The van der Waals surface area contributed by atoms with E-state index in [0.717, 1.165) is 12.0 Å². The van der Waals surface area contributed by atoms with E-state index in [0.29, 0.717) is 12.8 Å². The van der Waals surface area contributed by atoms with E-state index in [1.165, 1.54) is 0 Å². The molecule has 1 aromatic rings. The number of pyridine rings is 1. The average Bonchev–Trinajstić information content (AvgIpc) is 2.24. The number of hydrogen-bond acceptors (Lipinski definition) is 3. The molecule has 1 aliphatic rings. The van der Waals surface area contributed by atoms with Gasteiger partial charge in [0.1, 0.15) is 5.54 Å². The van der Waals surface area contributed by atoms with Gasteiger partial charge in [0.05, 0.1) is 6.42 Å². The van der Waals surface area contributed by atoms with Crippen molar-refractivity contribution in [1.29, 1.82) is 0 Å². The van der Waals surface area contributed by atoms with E-state index in [4.69, 9.17) is 5.11 Å². The quantitative estimate of drug-likeness (QED) is 0.805. The molecule has 1 aliphatic carbocycles. The molecule has 0 atom stereocenters. The van der Waals surface area contributed by atoms with Gasteiger partial charge in [-0.3, -0.25) is 9.78 Å². The van der Waals surface area contributed by atoms with Crippen LogP contribution in [0.3, 0.4) is 0 Å². The molecule has 5 nitrogen and oxygen atoms in total. The number of nitrogens with zero attached hydrogens (tertiary/aromatic N) is 1. The lowest BCUT2D eigenvalue weighted by Crippen LogP contribution is -2.59. The molecule has 0 saturated heterocycles. The Hall–Kier alpha value is -1.91. The highest BCUT2D eigenvalue weighted by Crippen LogP contribution is 2.32. The van der Waals surface area contributed by atoms with Gasteiger partial charge in [-0.1, -0.05) is 6.07 Å². The molecule has 5 heteroatoms. The van der Waals surface area contributed by atoms with Crippen LogP contribution in [0, 0.1) is 0 Å². The van der Waals surface area contributed by atoms with Crippen molar-refractivity contribution in [1.82, 2.24) is 10.3 Å². The fourth-order valence-electron chi connectivity index (χ4n) is 1.92. The lowest BCUT2D eigenvalue weighted by atomic mass is 9.76. The van der Waals surface area contributed by atoms with Crippen LogP contribution in [0.1, 0.15) is 24.8 Å². The number of carbonyl (C=O) groups excluding carboxylic acids is 1. The summed E-state index contributed by atoms with van der Waals surface area (Å²) >= 11 is 0. The standard InChI is InChI=1S/C12H14N2O3/c15-10(7-9-3-1-6-13-8-9)14-12(11(16)17)4-2-5-12/h1,3,6,8H,2,4-5,7H2,(H,14,15)(H,16,17). The van der Waals surface area contributed by atoms with E-state index in [9.17, 15) is 9.59 Å². The van der Waals surface area contributed by atoms with Gasteiger partial charge < -0.3 is 10.4 Å². The molecule has 0 bridgehead atoms. The van der Waals surface area contributed by atoms with E-state index in [1.807, 2.05) is 0 Å². The number of aliphatic carboxylic acids is 1. The SMILES string of the molecule is O=C(Cc1cccnc1)NC1(C(=O)O)CCC1. The highest BCUT2D eigenvalue weighted by molar-refractivity contribution is 5.88. The van der Waals surface area contributed by atoms with E-state index in [2.05, 4.69) is 10.3 Å². The molecule has 1 amide bonds. The topological polar surface area (TPSA) is 79.3 Å². The zero-order valence-corrected chi connectivity index (χ0v) is 9.35. The first kappa shape index (κ1) is 11.6. The minimum Gasteiger partial charge on any atom is -0.480 e. The summed E-state index contributed by atoms with van der Waals surface area (Å²) in [4.78, 5) is 26.7. The number of nitrogens with one attached hydrogen (secondary N) is 1. The second kappa shape index (κ2) is 4.53. The summed E-state index contributed by atoms with van der Waals surface area (Å²) < 4.78 is 0. The van der Waals surface area contributed by atoms with Crippen molar-refractivity contribution in [2.45, 2.75) is 31.2 Å². The predicted molar refractivity (Wildman–Crippen MR) is 60.3 cm³/mol. The molecule has 0 aliphatic heterocycles. The number of carboxylic acids is 1. The van der Waals surface area contributed by atoms with Crippen LogP contribution < -0.4 is 5.32 Å². The van der Waals surface area contributed by atoms with Crippen LogP contribution in [0.25, 0.3) is 0 Å². The van der Waals surface area contributed by atoms with E-state index >= 15 is 0 Å². The molecule has 2 N–H and O–H groups in total. The summed E-state index contributed by atoms with van der Waals surface area (Å²) in [7, 11) is 0. The monoisotopic (exact) mass is 234 g/mol. The zero-order valence-electron chi connectivity index (χ0n) is 9.35. The van der Waals surface area contributed by atoms with Gasteiger partial charge in [0.2, 0.25) is 5.91 Å². The van der Waals surface area contributed by atoms with Gasteiger partial charge in [0.15, 0.2) is 0 Å². The van der Waals surface area contributed by atoms with Crippen molar-refractivity contribution >= 4 is 11.9 Å². The first-order valence-corrected chi connectivity index (χ1v) is 5.56. The second-order valence-electron chi connectivity index (χ2n) is 4.33. The third-order valence-corrected chi connectivity index (χ3v) is 3.08. The molecule has 1 fully saturated rings. The van der Waals surface area contributed by atoms with E-state index in [1.54, 1.807) is 24.5 Å². The van der Waals surface area contributed by atoms with Crippen molar-refractivity contribution in [3.8, 4) is 0 Å². The van der Waals surface area contributed by atoms with Gasteiger partial charge in [-0.05, 0) is 30.9 Å². The van der Waals surface area contributed by atoms with Crippen LogP contribution in [0.2, 0.25) is 0 Å². The number of amides is 1. The molecular weight excluding hydrogens is 220 g/mol. The van der Waals surface area contributed by atoms with E-state index < -0.39 is 11.5 Å². The maximum atomic E-state index is 11.7. The molecule has 2 rings (SSSR count). The second-order valence-corrected chi connectivity index (χ2v) is 4.33. The van der Waals surface area contributed by atoms with Crippen molar-refractivity contribution in [3.05, 3.63) is 30.1 Å². The van der Waals surface area contributed by atoms with Gasteiger partial charge in [-0.25, -0.2) is 4.79 Å². The van der Waals surface area contributed by atoms with Crippen LogP contribution >= 0.6 is 0 Å². The van der Waals surface area contributed by atoms with Gasteiger partial charge in [0.25, 0.3) is 0 Å². The van der Waals surface area contributed by atoms with Crippen molar-refractivity contribution in [2.75, 3.05) is 0 Å². The zero-order chi connectivity index (χ0) is 12.3. The Balaban J connectivity index is 1.96. The van der Waals surface area contributed by atoms with Gasteiger partial charge in [-0.15, -0.1) is 0 Å². The first-order chi connectivity index (χ1) is 8.12. The Kier molecular flexibility index (Phi) is 3.08. The Morgan fingerprint density at radius 3 is 2.71 bits per heavy atom. The third kappa shape index (κ3) is 2.43. The Morgan fingerprint density at radius 1 is 1.47 bits per heavy atom. The van der Waals surface area contributed by atoms with E-state index in [-0.39, 0.29) is 12.3 Å². The Bertz CT molecular complexity index is 427. The minimum absolute atomic E-state index is 0.170. The van der Waals surface area contributed by atoms with Gasteiger partial charge in [0, 0.05) is 12.4 Å². The Morgan fingerprint density at radius 2 is 2.24 bits per heavy atom. The van der Waals surface area contributed by atoms with Crippen LogP contribution in [0.4, 0.5) is 0 Å². The third-order valence-electron chi connectivity index (χ3n) is 3.08. The molecular formula is C12H14N2O3. The molecule has 0 aromatic carbocycles. The van der Waals surface area contributed by atoms with Crippen LogP contribution in [0.5, 0.6) is 0 Å². The molecule has 0 radical (unpaired) electrons. The summed E-state index contributed by atoms with van der Waals surface area (Å²) in [6, 6.07) is 3.54. The number of hydrogen-bond donors (Lipinski definition) is 2. The molecule has 0 unspecified atom stereocenters. The summed E-state index contributed by atoms with van der Waals surface area (Å²) in [5, 5.41) is 11.7.